The summed E-state index contributed by atoms with van der Waals surface area (Å²) in [5, 5.41) is 11.4. The van der Waals surface area contributed by atoms with Gasteiger partial charge in [0.1, 0.15) is 0 Å². The Labute approximate surface area is 77.9 Å². The van der Waals surface area contributed by atoms with Crippen LogP contribution in [-0.2, 0) is 6.42 Å². The van der Waals surface area contributed by atoms with Gasteiger partial charge < -0.3 is 5.21 Å². The van der Waals surface area contributed by atoms with Crippen molar-refractivity contribution >= 4 is 6.21 Å². The summed E-state index contributed by atoms with van der Waals surface area (Å²) in [7, 11) is 0. The first-order chi connectivity index (χ1) is 6.42. The quantitative estimate of drug-likeness (QED) is 0.418. The zero-order valence-electron chi connectivity index (χ0n) is 7.48. The Balaban J connectivity index is 2.18. The van der Waals surface area contributed by atoms with Gasteiger partial charge in [-0.1, -0.05) is 24.3 Å². The fraction of sp³-hybridized carbons (Fsp3) is 0.364. The van der Waals surface area contributed by atoms with Gasteiger partial charge in [-0.25, -0.2) is 0 Å². The molecular formula is C11H13NO. The summed E-state index contributed by atoms with van der Waals surface area (Å²) >= 11 is 0. The molecule has 0 amide bonds. The number of fused-ring (bicyclic) bond motifs is 1. The maximum atomic E-state index is 8.34. The molecule has 0 saturated heterocycles. The maximum Gasteiger partial charge on any atom is 0.0442 e. The van der Waals surface area contributed by atoms with Gasteiger partial charge in [0.2, 0.25) is 0 Å². The summed E-state index contributed by atoms with van der Waals surface area (Å²) in [6.45, 7) is 0. The number of aryl methyl sites for hydroxylation is 1. The molecule has 1 atom stereocenters. The van der Waals surface area contributed by atoms with Crippen LogP contribution in [0.25, 0.3) is 0 Å². The highest BCUT2D eigenvalue weighted by Crippen LogP contribution is 2.34. The normalized spacial score (nSPS) is 20.8. The third-order valence-corrected chi connectivity index (χ3v) is 2.73. The van der Waals surface area contributed by atoms with Crippen molar-refractivity contribution in [3.63, 3.8) is 0 Å². The zero-order chi connectivity index (χ0) is 9.10. The Kier molecular flexibility index (Phi) is 2.30. The Bertz CT molecular complexity index is 320. The molecule has 0 spiro atoms. The summed E-state index contributed by atoms with van der Waals surface area (Å²) in [6.07, 6.45) is 4.80. The molecule has 0 radical (unpaired) electrons. The van der Waals surface area contributed by atoms with Crippen molar-refractivity contribution in [2.45, 2.75) is 25.2 Å². The molecule has 0 aliphatic heterocycles. The molecule has 0 saturated carbocycles. The molecule has 0 bridgehead atoms. The van der Waals surface area contributed by atoms with E-state index in [4.69, 9.17) is 5.21 Å². The van der Waals surface area contributed by atoms with Crippen molar-refractivity contribution in [2.24, 2.45) is 5.16 Å². The monoisotopic (exact) mass is 175 g/mol. The Morgan fingerprint density at radius 3 is 3.15 bits per heavy atom. The number of hydrogen-bond donors (Lipinski definition) is 1. The van der Waals surface area contributed by atoms with Gasteiger partial charge in [-0.15, -0.1) is 5.16 Å². The predicted molar refractivity (Wildman–Crippen MR) is 52.4 cm³/mol. The minimum Gasteiger partial charge on any atom is -0.411 e. The van der Waals surface area contributed by atoms with Crippen molar-refractivity contribution < 1.29 is 5.21 Å². The minimum absolute atomic E-state index is 0.562. The van der Waals surface area contributed by atoms with Crippen molar-refractivity contribution in [3.8, 4) is 0 Å². The molecule has 1 aliphatic carbocycles. The van der Waals surface area contributed by atoms with Gasteiger partial charge in [-0.2, -0.15) is 0 Å². The molecule has 13 heavy (non-hydrogen) atoms. The van der Waals surface area contributed by atoms with Crippen LogP contribution >= 0.6 is 0 Å². The van der Waals surface area contributed by atoms with Crippen LogP contribution < -0.4 is 0 Å². The highest BCUT2D eigenvalue weighted by molar-refractivity contribution is 5.58. The van der Waals surface area contributed by atoms with Crippen molar-refractivity contribution in [2.75, 3.05) is 0 Å². The van der Waals surface area contributed by atoms with Gasteiger partial charge in [-0.05, 0) is 36.3 Å². The van der Waals surface area contributed by atoms with E-state index >= 15 is 0 Å². The molecule has 2 nitrogen and oxygen atoms in total. The molecular weight excluding hydrogens is 162 g/mol. The number of rotatable bonds is 2. The van der Waals surface area contributed by atoms with Crippen LogP contribution in [-0.4, -0.2) is 11.4 Å². The van der Waals surface area contributed by atoms with Crippen LogP contribution in [0.2, 0.25) is 0 Å². The van der Waals surface area contributed by atoms with Crippen molar-refractivity contribution in [1.29, 1.82) is 0 Å². The minimum atomic E-state index is 0.562. The Morgan fingerprint density at radius 1 is 1.46 bits per heavy atom. The van der Waals surface area contributed by atoms with E-state index in [0.29, 0.717) is 5.92 Å². The second kappa shape index (κ2) is 3.60. The van der Waals surface area contributed by atoms with Crippen LogP contribution in [0.5, 0.6) is 0 Å². The average Bonchev–Trinajstić information content (AvgIpc) is 2.58. The van der Waals surface area contributed by atoms with E-state index in [2.05, 4.69) is 29.4 Å². The highest BCUT2D eigenvalue weighted by Gasteiger charge is 2.20. The van der Waals surface area contributed by atoms with E-state index in [0.717, 1.165) is 6.42 Å². The fourth-order valence-electron chi connectivity index (χ4n) is 2.06. The lowest BCUT2D eigenvalue weighted by Crippen LogP contribution is -1.93. The maximum absolute atomic E-state index is 8.34. The van der Waals surface area contributed by atoms with Gasteiger partial charge in [0.15, 0.2) is 0 Å². The highest BCUT2D eigenvalue weighted by atomic mass is 16.4. The van der Waals surface area contributed by atoms with Gasteiger partial charge in [-0.3, -0.25) is 0 Å². The van der Waals surface area contributed by atoms with Gasteiger partial charge >= 0.3 is 0 Å². The first kappa shape index (κ1) is 8.30. The lowest BCUT2D eigenvalue weighted by molar-refractivity contribution is 0.320. The number of oxime groups is 1. The SMILES string of the molecule is O/N=C/CC1CCc2ccccc21. The first-order valence-corrected chi connectivity index (χ1v) is 4.65. The number of hydrogen-bond acceptors (Lipinski definition) is 2. The molecule has 1 N–H and O–H groups in total. The van der Waals surface area contributed by atoms with E-state index in [1.165, 1.54) is 24.0 Å². The average molecular weight is 175 g/mol. The van der Waals surface area contributed by atoms with Crippen LogP contribution in [0.1, 0.15) is 29.9 Å². The summed E-state index contributed by atoms with van der Waals surface area (Å²) < 4.78 is 0. The van der Waals surface area contributed by atoms with Crippen molar-refractivity contribution in [1.82, 2.24) is 0 Å². The molecule has 2 heteroatoms. The molecule has 0 fully saturated rings. The molecule has 0 aromatic heterocycles. The zero-order valence-corrected chi connectivity index (χ0v) is 7.48. The predicted octanol–water partition coefficient (Wildman–Crippen LogP) is 2.57. The largest absolute Gasteiger partial charge is 0.411 e. The van der Waals surface area contributed by atoms with Crippen LogP contribution in [0.15, 0.2) is 29.4 Å². The smallest absolute Gasteiger partial charge is 0.0442 e. The van der Waals surface area contributed by atoms with E-state index in [-0.39, 0.29) is 0 Å². The van der Waals surface area contributed by atoms with E-state index in [1.54, 1.807) is 6.21 Å². The fourth-order valence-corrected chi connectivity index (χ4v) is 2.06. The Hall–Kier alpha value is -1.31. The summed E-state index contributed by atoms with van der Waals surface area (Å²) in [5.41, 5.74) is 2.89. The van der Waals surface area contributed by atoms with E-state index < -0.39 is 0 Å². The molecule has 1 aliphatic rings. The van der Waals surface area contributed by atoms with E-state index in [9.17, 15) is 0 Å². The lowest BCUT2D eigenvalue weighted by atomic mass is 9.99. The summed E-state index contributed by atoms with van der Waals surface area (Å²) in [5.74, 6) is 0.562. The molecule has 1 unspecified atom stereocenters. The summed E-state index contributed by atoms with van der Waals surface area (Å²) in [4.78, 5) is 0. The molecule has 2 rings (SSSR count). The number of benzene rings is 1. The standard InChI is InChI=1S/C11H13NO/c13-12-8-7-10-6-5-9-3-1-2-4-11(9)10/h1-4,8,10,13H,5-7H2/b12-8+. The molecule has 0 heterocycles. The Morgan fingerprint density at radius 2 is 2.31 bits per heavy atom. The second-order valence-corrected chi connectivity index (χ2v) is 3.47. The molecule has 68 valence electrons. The number of nitrogens with zero attached hydrogens (tertiary/aromatic N) is 1. The third kappa shape index (κ3) is 1.57. The van der Waals surface area contributed by atoms with Crippen molar-refractivity contribution in [3.05, 3.63) is 35.4 Å². The third-order valence-electron chi connectivity index (χ3n) is 2.73. The lowest BCUT2D eigenvalue weighted by Gasteiger charge is -2.06. The van der Waals surface area contributed by atoms with Gasteiger partial charge in [0, 0.05) is 6.21 Å². The van der Waals surface area contributed by atoms with Crippen LogP contribution in [0.3, 0.4) is 0 Å². The first-order valence-electron chi connectivity index (χ1n) is 4.65. The summed E-state index contributed by atoms with van der Waals surface area (Å²) in [6, 6.07) is 8.53. The topological polar surface area (TPSA) is 32.6 Å². The van der Waals surface area contributed by atoms with E-state index in [1.807, 2.05) is 0 Å². The molecule has 1 aromatic carbocycles. The van der Waals surface area contributed by atoms with Gasteiger partial charge in [0.25, 0.3) is 0 Å². The van der Waals surface area contributed by atoms with Crippen LogP contribution in [0, 0.1) is 0 Å². The van der Waals surface area contributed by atoms with Gasteiger partial charge in [0.05, 0.1) is 0 Å². The second-order valence-electron chi connectivity index (χ2n) is 3.47. The van der Waals surface area contributed by atoms with Crippen LogP contribution in [0.4, 0.5) is 0 Å². The molecule has 1 aromatic rings.